The average Bonchev–Trinajstić information content (AvgIpc) is 2.90. The zero-order chi connectivity index (χ0) is 18.3. The Morgan fingerprint density at radius 2 is 1.96 bits per heavy atom. The monoisotopic (exact) mass is 350 g/mol. The summed E-state index contributed by atoms with van der Waals surface area (Å²) < 4.78 is 15.1. The second kappa shape index (κ2) is 6.07. The molecule has 0 bridgehead atoms. The highest BCUT2D eigenvalue weighted by molar-refractivity contribution is 5.82. The molecule has 0 aliphatic carbocycles. The summed E-state index contributed by atoms with van der Waals surface area (Å²) in [5, 5.41) is 6.23. The smallest absolute Gasteiger partial charge is 0.273 e. The molecule has 0 amide bonds. The highest BCUT2D eigenvalue weighted by Crippen LogP contribution is 2.20. The fourth-order valence-electron chi connectivity index (χ4n) is 2.83. The molecule has 0 radical (unpaired) electrons. The van der Waals surface area contributed by atoms with Crippen molar-refractivity contribution in [3.05, 3.63) is 70.3 Å². The van der Waals surface area contributed by atoms with Crippen molar-refractivity contribution >= 4 is 22.5 Å². The molecule has 130 valence electrons. The van der Waals surface area contributed by atoms with E-state index in [1.54, 1.807) is 24.3 Å². The number of aryl methyl sites for hydroxylation is 2. The topological polar surface area (TPSA) is 88.5 Å². The van der Waals surface area contributed by atoms with E-state index in [0.717, 1.165) is 5.69 Å². The van der Waals surface area contributed by atoms with Crippen LogP contribution in [0.1, 0.15) is 11.5 Å². The van der Waals surface area contributed by atoms with Gasteiger partial charge in [0.15, 0.2) is 0 Å². The van der Waals surface area contributed by atoms with E-state index >= 15 is 0 Å². The molecule has 0 unspecified atom stereocenters. The summed E-state index contributed by atoms with van der Waals surface area (Å²) in [6, 6.07) is 9.51. The number of anilines is 2. The number of halogens is 1. The average molecular weight is 350 g/mol. The zero-order valence-electron chi connectivity index (χ0n) is 14.1. The van der Waals surface area contributed by atoms with Crippen LogP contribution in [0.15, 0.2) is 47.4 Å². The van der Waals surface area contributed by atoms with E-state index in [-0.39, 0.29) is 11.4 Å². The fourth-order valence-corrected chi connectivity index (χ4v) is 2.83. The molecule has 0 saturated carbocycles. The van der Waals surface area contributed by atoms with Gasteiger partial charge in [0, 0.05) is 24.0 Å². The van der Waals surface area contributed by atoms with Gasteiger partial charge < -0.3 is 5.32 Å². The molecular formula is C18H15FN6O. The van der Waals surface area contributed by atoms with E-state index in [0.29, 0.717) is 34.1 Å². The number of H-pyrrole nitrogens is 1. The lowest BCUT2D eigenvalue weighted by Gasteiger charge is -2.08. The summed E-state index contributed by atoms with van der Waals surface area (Å²) in [6.07, 6.45) is 1.48. The molecule has 0 aliphatic heterocycles. The molecule has 26 heavy (non-hydrogen) atoms. The van der Waals surface area contributed by atoms with Crippen LogP contribution in [0.4, 0.5) is 16.0 Å². The Balaban J connectivity index is 1.81. The number of nitrogens with one attached hydrogen (secondary N) is 2. The van der Waals surface area contributed by atoms with Crippen LogP contribution in [0.5, 0.6) is 0 Å². The minimum absolute atomic E-state index is 0.294. The van der Waals surface area contributed by atoms with Crippen molar-refractivity contribution in [2.24, 2.45) is 0 Å². The summed E-state index contributed by atoms with van der Waals surface area (Å²) in [4.78, 5) is 25.0. The molecule has 3 heterocycles. The molecule has 0 atom stereocenters. The maximum absolute atomic E-state index is 13.6. The highest BCUT2D eigenvalue weighted by Gasteiger charge is 2.11. The van der Waals surface area contributed by atoms with E-state index < -0.39 is 0 Å². The zero-order valence-corrected chi connectivity index (χ0v) is 14.1. The Morgan fingerprint density at radius 1 is 1.12 bits per heavy atom. The van der Waals surface area contributed by atoms with Crippen molar-refractivity contribution in [2.75, 3.05) is 5.32 Å². The predicted molar refractivity (Wildman–Crippen MR) is 96.4 cm³/mol. The van der Waals surface area contributed by atoms with Gasteiger partial charge in [-0.3, -0.25) is 14.6 Å². The van der Waals surface area contributed by atoms with Crippen molar-refractivity contribution in [2.45, 2.75) is 13.8 Å². The summed E-state index contributed by atoms with van der Waals surface area (Å²) in [6.45, 7) is 3.69. The number of fused-ring (bicyclic) bond motifs is 1. The molecule has 0 aliphatic rings. The van der Waals surface area contributed by atoms with E-state index in [2.05, 4.69) is 25.4 Å². The van der Waals surface area contributed by atoms with Crippen LogP contribution >= 0.6 is 0 Å². The molecule has 3 aromatic heterocycles. The predicted octanol–water partition coefficient (Wildman–Crippen LogP) is 3.00. The lowest BCUT2D eigenvalue weighted by Crippen LogP contribution is -2.03. The second-order valence-corrected chi connectivity index (χ2v) is 5.91. The summed E-state index contributed by atoms with van der Waals surface area (Å²) in [5.41, 5.74) is 1.64. The van der Waals surface area contributed by atoms with E-state index in [1.807, 2.05) is 13.8 Å². The number of hydrogen-bond donors (Lipinski definition) is 2. The summed E-state index contributed by atoms with van der Waals surface area (Å²) >= 11 is 0. The maximum Gasteiger partial charge on any atom is 0.273 e. The van der Waals surface area contributed by atoms with Gasteiger partial charge in [-0.15, -0.1) is 0 Å². The Morgan fingerprint density at radius 3 is 2.73 bits per heavy atom. The maximum atomic E-state index is 13.6. The van der Waals surface area contributed by atoms with E-state index in [1.165, 1.54) is 23.0 Å². The first-order chi connectivity index (χ1) is 12.5. The quantitative estimate of drug-likeness (QED) is 0.593. The second-order valence-electron chi connectivity index (χ2n) is 5.91. The first-order valence-electron chi connectivity index (χ1n) is 7.95. The van der Waals surface area contributed by atoms with Gasteiger partial charge in [-0.05, 0) is 32.0 Å². The van der Waals surface area contributed by atoms with Gasteiger partial charge in [-0.1, -0.05) is 6.07 Å². The highest BCUT2D eigenvalue weighted by atomic mass is 19.1. The number of aromatic nitrogens is 5. The van der Waals surface area contributed by atoms with Gasteiger partial charge in [-0.2, -0.15) is 0 Å². The van der Waals surface area contributed by atoms with E-state index in [4.69, 9.17) is 0 Å². The number of rotatable bonds is 3. The Hall–Kier alpha value is -3.55. The molecule has 0 spiro atoms. The summed E-state index contributed by atoms with van der Waals surface area (Å²) in [7, 11) is 0. The van der Waals surface area contributed by atoms with Crippen molar-refractivity contribution in [3.8, 4) is 5.69 Å². The lowest BCUT2D eigenvalue weighted by molar-refractivity contribution is 0.625. The summed E-state index contributed by atoms with van der Waals surface area (Å²) in [5.74, 6) is 1.38. The minimum Gasteiger partial charge on any atom is -0.325 e. The third-order valence-corrected chi connectivity index (χ3v) is 3.87. The molecule has 4 aromatic rings. The van der Waals surface area contributed by atoms with Crippen molar-refractivity contribution in [3.63, 3.8) is 0 Å². The number of hydrogen-bond acceptors (Lipinski definition) is 5. The Kier molecular flexibility index (Phi) is 3.72. The van der Waals surface area contributed by atoms with Crippen LogP contribution in [0.2, 0.25) is 0 Å². The molecule has 2 N–H and O–H groups in total. The number of pyridine rings is 1. The molecule has 0 saturated heterocycles. The molecule has 8 heteroatoms. The number of aromatic amines is 1. The van der Waals surface area contributed by atoms with E-state index in [9.17, 15) is 9.18 Å². The molecule has 7 nitrogen and oxygen atoms in total. The SMILES string of the molecule is Cc1cc(Nc2cc3c(cn2)c(=O)[nH]n3-c2cccc(F)c2)nc(C)n1. The number of nitrogens with zero attached hydrogens (tertiary/aromatic N) is 4. The number of benzene rings is 1. The standard InChI is InChI=1S/C18H15FN6O/c1-10-6-17(22-11(2)21-10)23-16-8-15-14(9-20-16)18(26)24-25(15)13-5-3-4-12(19)7-13/h3-9H,1-2H3,(H,24,26)(H,20,21,22,23). The fraction of sp³-hybridized carbons (Fsp3) is 0.111. The first-order valence-corrected chi connectivity index (χ1v) is 7.95. The third-order valence-electron chi connectivity index (χ3n) is 3.87. The van der Waals surface area contributed by atoms with Crippen molar-refractivity contribution in [1.82, 2.24) is 24.7 Å². The lowest BCUT2D eigenvalue weighted by atomic mass is 10.3. The third kappa shape index (κ3) is 2.92. The van der Waals surface area contributed by atoms with Gasteiger partial charge in [0.25, 0.3) is 5.56 Å². The van der Waals surface area contributed by atoms with Gasteiger partial charge in [-0.25, -0.2) is 19.3 Å². The van der Waals surface area contributed by atoms with Crippen molar-refractivity contribution < 1.29 is 4.39 Å². The van der Waals surface area contributed by atoms with Crippen LogP contribution < -0.4 is 10.9 Å². The molecule has 4 rings (SSSR count). The normalized spacial score (nSPS) is 11.0. The van der Waals surface area contributed by atoms with Crippen molar-refractivity contribution in [1.29, 1.82) is 0 Å². The van der Waals surface area contributed by atoms with Crippen LogP contribution in [0.25, 0.3) is 16.6 Å². The largest absolute Gasteiger partial charge is 0.325 e. The Bertz CT molecular complexity index is 1160. The van der Waals surface area contributed by atoms with Gasteiger partial charge in [0.2, 0.25) is 0 Å². The Labute approximate surface area is 147 Å². The molecule has 1 aromatic carbocycles. The van der Waals surface area contributed by atoms with Gasteiger partial charge in [0.1, 0.15) is 23.3 Å². The minimum atomic E-state index is -0.385. The van der Waals surface area contributed by atoms with Gasteiger partial charge in [0.05, 0.1) is 16.6 Å². The van der Waals surface area contributed by atoms with Crippen LogP contribution in [0.3, 0.4) is 0 Å². The first kappa shape index (κ1) is 15.9. The van der Waals surface area contributed by atoms with Gasteiger partial charge >= 0.3 is 0 Å². The molecule has 0 fully saturated rings. The van der Waals surface area contributed by atoms with Crippen LogP contribution in [-0.4, -0.2) is 24.7 Å². The van der Waals surface area contributed by atoms with Crippen LogP contribution in [-0.2, 0) is 0 Å². The molecular weight excluding hydrogens is 335 g/mol. The van der Waals surface area contributed by atoms with Crippen LogP contribution in [0, 0.1) is 19.7 Å².